The van der Waals surface area contributed by atoms with Crippen LogP contribution >= 0.6 is 0 Å². The lowest BCUT2D eigenvalue weighted by atomic mass is 10.1. The van der Waals surface area contributed by atoms with E-state index in [0.29, 0.717) is 24.9 Å². The zero-order chi connectivity index (χ0) is 15.1. The molecule has 1 N–H and O–H groups in total. The van der Waals surface area contributed by atoms with E-state index >= 15 is 0 Å². The van der Waals surface area contributed by atoms with Crippen molar-refractivity contribution in [1.29, 1.82) is 0 Å². The van der Waals surface area contributed by atoms with Crippen LogP contribution < -0.4 is 0 Å². The number of hydrogen-bond donors (Lipinski definition) is 1. The molecule has 1 heterocycles. The largest absolute Gasteiger partial charge is 0.419 e. The zero-order valence-electron chi connectivity index (χ0n) is 12.7. The Kier molecular flexibility index (Phi) is 5.90. The van der Waals surface area contributed by atoms with Crippen LogP contribution in [-0.4, -0.2) is 39.9 Å². The summed E-state index contributed by atoms with van der Waals surface area (Å²) in [4.78, 5) is 2.14. The predicted molar refractivity (Wildman–Crippen MR) is 81.7 cm³/mol. The van der Waals surface area contributed by atoms with Gasteiger partial charge in [-0.25, -0.2) is 0 Å². The first-order valence-electron chi connectivity index (χ1n) is 7.46. The normalized spacial score (nSPS) is 11.2. The molecule has 114 valence electrons. The molecule has 0 saturated heterocycles. The molecular formula is C16H23N3O2. The number of rotatable bonds is 8. The van der Waals surface area contributed by atoms with Crippen molar-refractivity contribution in [1.82, 2.24) is 15.1 Å². The summed E-state index contributed by atoms with van der Waals surface area (Å²) in [6.07, 6.45) is 2.22. The Morgan fingerprint density at radius 2 is 2.00 bits per heavy atom. The van der Waals surface area contributed by atoms with Gasteiger partial charge in [-0.2, -0.15) is 0 Å². The molecule has 21 heavy (non-hydrogen) atoms. The molecule has 0 aliphatic carbocycles. The van der Waals surface area contributed by atoms with Gasteiger partial charge in [0.05, 0.1) is 13.2 Å². The van der Waals surface area contributed by atoms with Gasteiger partial charge in [-0.15, -0.1) is 10.2 Å². The molecule has 0 spiro atoms. The van der Waals surface area contributed by atoms with E-state index in [1.54, 1.807) is 0 Å². The monoisotopic (exact) mass is 289 g/mol. The molecule has 2 aromatic rings. The smallest absolute Gasteiger partial charge is 0.248 e. The Balaban J connectivity index is 2.06. The van der Waals surface area contributed by atoms with Gasteiger partial charge >= 0.3 is 0 Å². The second-order valence-electron chi connectivity index (χ2n) is 5.17. The van der Waals surface area contributed by atoms with Crippen molar-refractivity contribution in [3.8, 4) is 11.5 Å². The van der Waals surface area contributed by atoms with Crippen LogP contribution in [0.4, 0.5) is 0 Å². The summed E-state index contributed by atoms with van der Waals surface area (Å²) in [6.45, 7) is 6.46. The van der Waals surface area contributed by atoms with Crippen LogP contribution in [0.2, 0.25) is 0 Å². The average molecular weight is 289 g/mol. The molecule has 2 rings (SSSR count). The van der Waals surface area contributed by atoms with Gasteiger partial charge in [0.2, 0.25) is 11.8 Å². The fourth-order valence-corrected chi connectivity index (χ4v) is 2.22. The molecular weight excluding hydrogens is 266 g/mol. The van der Waals surface area contributed by atoms with Gasteiger partial charge in [0.15, 0.2) is 0 Å². The number of aromatic nitrogens is 2. The minimum Gasteiger partial charge on any atom is -0.419 e. The van der Waals surface area contributed by atoms with Crippen LogP contribution in [0, 0.1) is 6.92 Å². The quantitative estimate of drug-likeness (QED) is 0.809. The number of aliphatic hydroxyl groups excluding tert-OH is 1. The summed E-state index contributed by atoms with van der Waals surface area (Å²) in [6, 6.07) is 7.96. The second-order valence-corrected chi connectivity index (χ2v) is 5.17. The number of unbranched alkanes of at least 4 members (excludes halogenated alkanes) is 1. The Hall–Kier alpha value is -1.72. The number of aliphatic hydroxyl groups is 1. The molecule has 0 saturated carbocycles. The highest BCUT2D eigenvalue weighted by Crippen LogP contribution is 2.21. The Labute approximate surface area is 125 Å². The SMILES string of the molecule is CCCCN(CCO)Cc1nnc(-c2ccccc2C)o1. The first-order valence-corrected chi connectivity index (χ1v) is 7.46. The molecule has 0 atom stereocenters. The van der Waals surface area contributed by atoms with Gasteiger partial charge in [-0.05, 0) is 31.5 Å². The van der Waals surface area contributed by atoms with Crippen LogP contribution in [0.1, 0.15) is 31.2 Å². The maximum atomic E-state index is 9.13. The van der Waals surface area contributed by atoms with E-state index in [1.165, 1.54) is 0 Å². The highest BCUT2D eigenvalue weighted by atomic mass is 16.4. The van der Waals surface area contributed by atoms with Crippen molar-refractivity contribution < 1.29 is 9.52 Å². The Morgan fingerprint density at radius 3 is 2.71 bits per heavy atom. The number of benzene rings is 1. The third-order valence-corrected chi connectivity index (χ3v) is 3.45. The minimum absolute atomic E-state index is 0.141. The van der Waals surface area contributed by atoms with E-state index in [0.717, 1.165) is 30.5 Å². The molecule has 1 aromatic heterocycles. The van der Waals surface area contributed by atoms with Gasteiger partial charge in [-0.1, -0.05) is 31.5 Å². The van der Waals surface area contributed by atoms with Gasteiger partial charge < -0.3 is 9.52 Å². The molecule has 5 heteroatoms. The molecule has 0 unspecified atom stereocenters. The minimum atomic E-state index is 0.141. The van der Waals surface area contributed by atoms with Crippen molar-refractivity contribution in [2.24, 2.45) is 0 Å². The lowest BCUT2D eigenvalue weighted by molar-refractivity contribution is 0.177. The van der Waals surface area contributed by atoms with Crippen LogP contribution in [0.3, 0.4) is 0 Å². The lowest BCUT2D eigenvalue weighted by Gasteiger charge is -2.18. The van der Waals surface area contributed by atoms with Gasteiger partial charge in [0, 0.05) is 12.1 Å². The average Bonchev–Trinajstić information content (AvgIpc) is 2.94. The second kappa shape index (κ2) is 7.90. The number of hydrogen-bond acceptors (Lipinski definition) is 5. The maximum Gasteiger partial charge on any atom is 0.248 e. The van der Waals surface area contributed by atoms with E-state index < -0.39 is 0 Å². The molecule has 0 radical (unpaired) electrons. The fourth-order valence-electron chi connectivity index (χ4n) is 2.22. The third-order valence-electron chi connectivity index (χ3n) is 3.45. The van der Waals surface area contributed by atoms with Gasteiger partial charge in [0.1, 0.15) is 0 Å². The van der Waals surface area contributed by atoms with E-state index in [4.69, 9.17) is 9.52 Å². The molecule has 5 nitrogen and oxygen atoms in total. The van der Waals surface area contributed by atoms with Gasteiger partial charge in [-0.3, -0.25) is 4.90 Å². The fraction of sp³-hybridized carbons (Fsp3) is 0.500. The van der Waals surface area contributed by atoms with E-state index in [-0.39, 0.29) is 6.61 Å². The van der Waals surface area contributed by atoms with Crippen molar-refractivity contribution in [3.05, 3.63) is 35.7 Å². The summed E-state index contributed by atoms with van der Waals surface area (Å²) in [7, 11) is 0. The Bertz CT molecular complexity index is 554. The van der Waals surface area contributed by atoms with Crippen molar-refractivity contribution in [2.45, 2.75) is 33.2 Å². The van der Waals surface area contributed by atoms with E-state index in [2.05, 4.69) is 22.0 Å². The number of nitrogens with zero attached hydrogens (tertiary/aromatic N) is 3. The topological polar surface area (TPSA) is 62.4 Å². The molecule has 0 aliphatic heterocycles. The summed E-state index contributed by atoms with van der Waals surface area (Å²) in [5.41, 5.74) is 2.09. The molecule has 0 amide bonds. The molecule has 0 aliphatic rings. The first kappa shape index (κ1) is 15.7. The summed E-state index contributed by atoms with van der Waals surface area (Å²) < 4.78 is 5.76. The highest BCUT2D eigenvalue weighted by Gasteiger charge is 2.13. The van der Waals surface area contributed by atoms with Crippen LogP contribution in [-0.2, 0) is 6.54 Å². The third kappa shape index (κ3) is 4.37. The molecule has 0 bridgehead atoms. The van der Waals surface area contributed by atoms with Crippen molar-refractivity contribution in [3.63, 3.8) is 0 Å². The summed E-state index contributed by atoms with van der Waals surface area (Å²) in [5, 5.41) is 17.4. The van der Waals surface area contributed by atoms with Crippen molar-refractivity contribution in [2.75, 3.05) is 19.7 Å². The maximum absolute atomic E-state index is 9.13. The standard InChI is InChI=1S/C16H23N3O2/c1-3-4-9-19(10-11-20)12-15-17-18-16(21-15)14-8-6-5-7-13(14)2/h5-8,20H,3-4,9-12H2,1-2H3. The number of aryl methyl sites for hydroxylation is 1. The van der Waals surface area contributed by atoms with Crippen LogP contribution in [0.5, 0.6) is 0 Å². The summed E-state index contributed by atoms with van der Waals surface area (Å²) >= 11 is 0. The van der Waals surface area contributed by atoms with Crippen molar-refractivity contribution >= 4 is 0 Å². The lowest BCUT2D eigenvalue weighted by Crippen LogP contribution is -2.27. The highest BCUT2D eigenvalue weighted by molar-refractivity contribution is 5.57. The predicted octanol–water partition coefficient (Wildman–Crippen LogP) is 2.64. The van der Waals surface area contributed by atoms with Gasteiger partial charge in [0.25, 0.3) is 0 Å². The first-order chi connectivity index (χ1) is 10.2. The summed E-state index contributed by atoms with van der Waals surface area (Å²) in [5.74, 6) is 1.15. The molecule has 0 fully saturated rings. The van der Waals surface area contributed by atoms with Crippen LogP contribution in [0.25, 0.3) is 11.5 Å². The van der Waals surface area contributed by atoms with Crippen LogP contribution in [0.15, 0.2) is 28.7 Å². The van der Waals surface area contributed by atoms with E-state index in [9.17, 15) is 0 Å². The van der Waals surface area contributed by atoms with E-state index in [1.807, 2.05) is 31.2 Å². The molecule has 1 aromatic carbocycles. The zero-order valence-corrected chi connectivity index (χ0v) is 12.7. The Morgan fingerprint density at radius 1 is 1.19 bits per heavy atom.